The van der Waals surface area contributed by atoms with Gasteiger partial charge in [-0.25, -0.2) is 4.68 Å². The molecule has 3 aromatic rings. The molecule has 0 N–H and O–H groups in total. The molecule has 0 unspecified atom stereocenters. The Bertz CT molecular complexity index is 782. The van der Waals surface area contributed by atoms with Gasteiger partial charge in [-0.3, -0.25) is 10.1 Å². The molecule has 2 aromatic carbocycles. The zero-order chi connectivity index (χ0) is 14.8. The van der Waals surface area contributed by atoms with Crippen molar-refractivity contribution in [1.82, 2.24) is 9.78 Å². The Balaban J connectivity index is 2.10. The summed E-state index contributed by atoms with van der Waals surface area (Å²) >= 11 is 3.48. The van der Waals surface area contributed by atoms with Crippen molar-refractivity contribution in [3.63, 3.8) is 0 Å². The summed E-state index contributed by atoms with van der Waals surface area (Å²) < 4.78 is 2.63. The van der Waals surface area contributed by atoms with Crippen molar-refractivity contribution in [3.8, 4) is 16.9 Å². The van der Waals surface area contributed by atoms with E-state index in [9.17, 15) is 10.1 Å². The number of aromatic nitrogens is 2. The van der Waals surface area contributed by atoms with Crippen molar-refractivity contribution in [2.24, 2.45) is 0 Å². The predicted octanol–water partition coefficient (Wildman–Crippen LogP) is 4.21. The second-order valence-corrected chi connectivity index (χ2v) is 5.25. The Labute approximate surface area is 129 Å². The monoisotopic (exact) mass is 343 g/mol. The maximum Gasteiger partial charge on any atom is 0.269 e. The number of nitro benzene ring substituents is 1. The minimum absolute atomic E-state index is 0.0700. The Morgan fingerprint density at radius 2 is 1.71 bits per heavy atom. The Morgan fingerprint density at radius 3 is 2.33 bits per heavy atom. The highest BCUT2D eigenvalue weighted by Crippen LogP contribution is 2.31. The van der Waals surface area contributed by atoms with Gasteiger partial charge in [0.2, 0.25) is 0 Å². The first kappa shape index (κ1) is 13.5. The van der Waals surface area contributed by atoms with E-state index in [4.69, 9.17) is 0 Å². The fraction of sp³-hybridized carbons (Fsp3) is 0. The quantitative estimate of drug-likeness (QED) is 0.528. The molecule has 0 fully saturated rings. The number of benzene rings is 2. The van der Waals surface area contributed by atoms with Crippen LogP contribution in [0.4, 0.5) is 5.69 Å². The first-order valence-corrected chi connectivity index (χ1v) is 7.00. The average molecular weight is 344 g/mol. The summed E-state index contributed by atoms with van der Waals surface area (Å²) in [7, 11) is 0. The Hall–Kier alpha value is -2.47. The van der Waals surface area contributed by atoms with Crippen molar-refractivity contribution in [2.45, 2.75) is 0 Å². The van der Waals surface area contributed by atoms with Crippen molar-refractivity contribution >= 4 is 21.6 Å². The topological polar surface area (TPSA) is 61.0 Å². The second kappa shape index (κ2) is 5.49. The number of para-hydroxylation sites is 1. The van der Waals surface area contributed by atoms with E-state index in [2.05, 4.69) is 21.0 Å². The number of hydrogen-bond acceptors (Lipinski definition) is 3. The minimum Gasteiger partial charge on any atom is -0.258 e. The van der Waals surface area contributed by atoms with Crippen molar-refractivity contribution < 1.29 is 4.92 Å². The highest BCUT2D eigenvalue weighted by Gasteiger charge is 2.14. The van der Waals surface area contributed by atoms with Crippen LogP contribution in [0.2, 0.25) is 0 Å². The number of non-ortho nitro benzene ring substituents is 1. The molecule has 0 radical (unpaired) electrons. The number of hydrogen-bond donors (Lipinski definition) is 0. The van der Waals surface area contributed by atoms with Crippen LogP contribution in [0.1, 0.15) is 0 Å². The van der Waals surface area contributed by atoms with Crippen LogP contribution in [0.15, 0.2) is 65.3 Å². The van der Waals surface area contributed by atoms with Crippen LogP contribution < -0.4 is 0 Å². The van der Waals surface area contributed by atoms with Gasteiger partial charge in [-0.1, -0.05) is 18.2 Å². The predicted molar refractivity (Wildman–Crippen MR) is 83.4 cm³/mol. The first-order valence-electron chi connectivity index (χ1n) is 6.20. The molecular formula is C15H10BrN3O2. The molecule has 1 heterocycles. The van der Waals surface area contributed by atoms with Crippen LogP contribution in [0, 0.1) is 10.1 Å². The molecule has 0 spiro atoms. The molecule has 0 amide bonds. The summed E-state index contributed by atoms with van der Waals surface area (Å²) in [6.45, 7) is 0. The van der Waals surface area contributed by atoms with Gasteiger partial charge in [0.15, 0.2) is 0 Å². The summed E-state index contributed by atoms with van der Waals surface area (Å²) in [4.78, 5) is 10.3. The normalized spacial score (nSPS) is 10.5. The van der Waals surface area contributed by atoms with Gasteiger partial charge < -0.3 is 0 Å². The number of nitrogens with zero attached hydrogens (tertiary/aromatic N) is 3. The van der Waals surface area contributed by atoms with Crippen LogP contribution in [-0.4, -0.2) is 14.7 Å². The maximum atomic E-state index is 10.7. The maximum absolute atomic E-state index is 10.7. The van der Waals surface area contributed by atoms with Gasteiger partial charge in [-0.15, -0.1) is 0 Å². The Morgan fingerprint density at radius 1 is 1.05 bits per heavy atom. The summed E-state index contributed by atoms with van der Waals surface area (Å²) in [5.74, 6) is 0. The molecule has 6 heteroatoms. The summed E-state index contributed by atoms with van der Waals surface area (Å²) in [6, 6.07) is 16.1. The molecule has 0 saturated carbocycles. The third-order valence-electron chi connectivity index (χ3n) is 3.08. The van der Waals surface area contributed by atoms with Gasteiger partial charge in [0.1, 0.15) is 0 Å². The molecule has 0 aliphatic carbocycles. The fourth-order valence-corrected chi connectivity index (χ4v) is 2.58. The van der Waals surface area contributed by atoms with E-state index in [1.54, 1.807) is 23.0 Å². The van der Waals surface area contributed by atoms with Gasteiger partial charge >= 0.3 is 0 Å². The van der Waals surface area contributed by atoms with E-state index in [0.29, 0.717) is 0 Å². The van der Waals surface area contributed by atoms with E-state index in [0.717, 1.165) is 21.4 Å². The molecule has 104 valence electrons. The zero-order valence-corrected chi connectivity index (χ0v) is 12.4. The number of rotatable bonds is 3. The molecule has 0 atom stereocenters. The molecule has 5 nitrogen and oxygen atoms in total. The first-order chi connectivity index (χ1) is 10.2. The van der Waals surface area contributed by atoms with Gasteiger partial charge in [0.25, 0.3) is 5.69 Å². The van der Waals surface area contributed by atoms with Crippen LogP contribution in [0.3, 0.4) is 0 Å². The number of nitro groups is 1. The molecular weight excluding hydrogens is 334 g/mol. The van der Waals surface area contributed by atoms with Crippen molar-refractivity contribution in [2.75, 3.05) is 0 Å². The second-order valence-electron chi connectivity index (χ2n) is 4.39. The lowest BCUT2D eigenvalue weighted by Gasteiger charge is -2.08. The van der Waals surface area contributed by atoms with Crippen LogP contribution in [0.5, 0.6) is 0 Å². The lowest BCUT2D eigenvalue weighted by atomic mass is 10.1. The van der Waals surface area contributed by atoms with E-state index in [-0.39, 0.29) is 5.69 Å². The largest absolute Gasteiger partial charge is 0.269 e. The van der Waals surface area contributed by atoms with Crippen LogP contribution in [0.25, 0.3) is 16.9 Å². The SMILES string of the molecule is O=[N+]([O-])c1ccc(-c2c(Br)cnn2-c2ccccc2)cc1. The average Bonchev–Trinajstić information content (AvgIpc) is 2.90. The molecule has 3 rings (SSSR count). The van der Waals surface area contributed by atoms with E-state index in [1.807, 2.05) is 30.3 Å². The van der Waals surface area contributed by atoms with Crippen molar-refractivity contribution in [3.05, 3.63) is 75.4 Å². The van der Waals surface area contributed by atoms with E-state index < -0.39 is 4.92 Å². The van der Waals surface area contributed by atoms with Gasteiger partial charge in [0, 0.05) is 17.7 Å². The van der Waals surface area contributed by atoms with E-state index in [1.165, 1.54) is 12.1 Å². The van der Waals surface area contributed by atoms with E-state index >= 15 is 0 Å². The molecule has 0 saturated heterocycles. The third-order valence-corrected chi connectivity index (χ3v) is 3.66. The van der Waals surface area contributed by atoms with Crippen LogP contribution >= 0.6 is 15.9 Å². The highest BCUT2D eigenvalue weighted by atomic mass is 79.9. The van der Waals surface area contributed by atoms with Gasteiger partial charge in [-0.2, -0.15) is 5.10 Å². The highest BCUT2D eigenvalue weighted by molar-refractivity contribution is 9.10. The minimum atomic E-state index is -0.409. The summed E-state index contributed by atoms with van der Waals surface area (Å²) in [6.07, 6.45) is 1.71. The standard InChI is InChI=1S/C15H10BrN3O2/c16-14-10-17-18(12-4-2-1-3-5-12)15(14)11-6-8-13(9-7-11)19(20)21/h1-10H. The lowest BCUT2D eigenvalue weighted by Crippen LogP contribution is -1.98. The lowest BCUT2D eigenvalue weighted by molar-refractivity contribution is -0.384. The van der Waals surface area contributed by atoms with Gasteiger partial charge in [0.05, 0.1) is 27.0 Å². The van der Waals surface area contributed by atoms with Gasteiger partial charge in [-0.05, 0) is 40.2 Å². The molecule has 21 heavy (non-hydrogen) atoms. The fourth-order valence-electron chi connectivity index (χ4n) is 2.09. The third kappa shape index (κ3) is 2.57. The summed E-state index contributed by atoms with van der Waals surface area (Å²) in [5, 5.41) is 15.1. The zero-order valence-electron chi connectivity index (χ0n) is 10.8. The molecule has 1 aromatic heterocycles. The van der Waals surface area contributed by atoms with Crippen molar-refractivity contribution in [1.29, 1.82) is 0 Å². The molecule has 0 bridgehead atoms. The summed E-state index contributed by atoms with van der Waals surface area (Å²) in [5.41, 5.74) is 2.71. The Kier molecular flexibility index (Phi) is 3.53. The molecule has 0 aliphatic heterocycles. The number of halogens is 1. The smallest absolute Gasteiger partial charge is 0.258 e. The van der Waals surface area contributed by atoms with Crippen LogP contribution in [-0.2, 0) is 0 Å². The molecule has 0 aliphatic rings.